The predicted octanol–water partition coefficient (Wildman–Crippen LogP) is 4.23. The Morgan fingerprint density at radius 3 is 2.40 bits per heavy atom. The standard InChI is InChI=1S/C22H28N2O/c1-16(19-10-7-17-5-3-4-6-20(17)15-19)23(2)21-11-13-24(14-12-21)22(25)18-8-9-18/h3-7,10,15-16,18,21H,8-9,11-14H2,1-2H3. The molecule has 0 aromatic heterocycles. The molecule has 2 aromatic rings. The molecule has 2 aliphatic rings. The fourth-order valence-corrected chi connectivity index (χ4v) is 4.10. The van der Waals surface area contributed by atoms with Crippen molar-refractivity contribution in [3.05, 3.63) is 48.0 Å². The van der Waals surface area contributed by atoms with Crippen molar-refractivity contribution in [2.24, 2.45) is 5.92 Å². The Labute approximate surface area is 150 Å². The van der Waals surface area contributed by atoms with Crippen molar-refractivity contribution in [1.29, 1.82) is 0 Å². The lowest BCUT2D eigenvalue weighted by atomic mass is 9.97. The lowest BCUT2D eigenvalue weighted by Gasteiger charge is -2.39. The van der Waals surface area contributed by atoms with Crippen molar-refractivity contribution in [1.82, 2.24) is 9.80 Å². The highest BCUT2D eigenvalue weighted by Crippen LogP contribution is 2.33. The van der Waals surface area contributed by atoms with Gasteiger partial charge in [-0.25, -0.2) is 0 Å². The predicted molar refractivity (Wildman–Crippen MR) is 102 cm³/mol. The molecule has 3 nitrogen and oxygen atoms in total. The van der Waals surface area contributed by atoms with Crippen molar-refractivity contribution < 1.29 is 4.79 Å². The number of benzene rings is 2. The number of fused-ring (bicyclic) bond motifs is 1. The summed E-state index contributed by atoms with van der Waals surface area (Å²) >= 11 is 0. The van der Waals surface area contributed by atoms with Gasteiger partial charge < -0.3 is 4.90 Å². The largest absolute Gasteiger partial charge is 0.342 e. The fraction of sp³-hybridized carbons (Fsp3) is 0.500. The van der Waals surface area contributed by atoms with E-state index in [9.17, 15) is 4.79 Å². The van der Waals surface area contributed by atoms with E-state index in [0.717, 1.165) is 38.8 Å². The molecule has 1 heterocycles. The van der Waals surface area contributed by atoms with Gasteiger partial charge in [0.2, 0.25) is 5.91 Å². The van der Waals surface area contributed by atoms with Gasteiger partial charge in [0.05, 0.1) is 0 Å². The Bertz CT molecular complexity index is 759. The van der Waals surface area contributed by atoms with Gasteiger partial charge in [0.1, 0.15) is 0 Å². The van der Waals surface area contributed by atoms with E-state index in [0.29, 0.717) is 23.9 Å². The minimum Gasteiger partial charge on any atom is -0.342 e. The monoisotopic (exact) mass is 336 g/mol. The van der Waals surface area contributed by atoms with Crippen LogP contribution in [0.15, 0.2) is 42.5 Å². The van der Waals surface area contributed by atoms with Crippen LogP contribution in [0.2, 0.25) is 0 Å². The van der Waals surface area contributed by atoms with E-state index in [1.807, 2.05) is 0 Å². The summed E-state index contributed by atoms with van der Waals surface area (Å²) in [4.78, 5) is 16.8. The van der Waals surface area contributed by atoms with Crippen LogP contribution in [0, 0.1) is 5.92 Å². The zero-order valence-electron chi connectivity index (χ0n) is 15.3. The first-order chi connectivity index (χ1) is 12.1. The summed E-state index contributed by atoms with van der Waals surface area (Å²) in [5.41, 5.74) is 1.37. The zero-order chi connectivity index (χ0) is 17.4. The van der Waals surface area contributed by atoms with Crippen LogP contribution in [0.1, 0.15) is 44.2 Å². The first-order valence-corrected chi connectivity index (χ1v) is 9.63. The fourth-order valence-electron chi connectivity index (χ4n) is 4.10. The summed E-state index contributed by atoms with van der Waals surface area (Å²) in [5.74, 6) is 0.759. The van der Waals surface area contributed by atoms with E-state index < -0.39 is 0 Å². The van der Waals surface area contributed by atoms with Crippen molar-refractivity contribution in [2.45, 2.75) is 44.7 Å². The van der Waals surface area contributed by atoms with Gasteiger partial charge in [-0.1, -0.05) is 36.4 Å². The van der Waals surface area contributed by atoms with E-state index in [-0.39, 0.29) is 0 Å². The van der Waals surface area contributed by atoms with Gasteiger partial charge in [0.25, 0.3) is 0 Å². The van der Waals surface area contributed by atoms with Crippen LogP contribution >= 0.6 is 0 Å². The average Bonchev–Trinajstić information content (AvgIpc) is 3.51. The number of carbonyl (C=O) groups excluding carboxylic acids is 1. The normalized spacial score (nSPS) is 20.2. The number of amides is 1. The van der Waals surface area contributed by atoms with Gasteiger partial charge in [-0.3, -0.25) is 9.69 Å². The quantitative estimate of drug-likeness (QED) is 0.834. The summed E-state index contributed by atoms with van der Waals surface area (Å²) in [6.07, 6.45) is 4.40. The molecule has 2 fully saturated rings. The van der Waals surface area contributed by atoms with Crippen LogP contribution in [-0.2, 0) is 4.79 Å². The Hall–Kier alpha value is -1.87. The van der Waals surface area contributed by atoms with E-state index in [1.165, 1.54) is 16.3 Å². The first-order valence-electron chi connectivity index (χ1n) is 9.63. The molecular formula is C22H28N2O. The van der Waals surface area contributed by atoms with Gasteiger partial charge in [0, 0.05) is 31.1 Å². The average molecular weight is 336 g/mol. The van der Waals surface area contributed by atoms with Crippen molar-refractivity contribution in [3.63, 3.8) is 0 Å². The van der Waals surface area contributed by atoms with Crippen LogP contribution in [-0.4, -0.2) is 41.9 Å². The molecule has 25 heavy (non-hydrogen) atoms. The van der Waals surface area contributed by atoms with E-state index in [1.54, 1.807) is 0 Å². The second-order valence-electron chi connectivity index (χ2n) is 7.78. The van der Waals surface area contributed by atoms with Crippen LogP contribution < -0.4 is 0 Å². The van der Waals surface area contributed by atoms with Crippen molar-refractivity contribution >= 4 is 16.7 Å². The molecule has 1 saturated carbocycles. The number of piperidine rings is 1. The van der Waals surface area contributed by atoms with Crippen LogP contribution in [0.3, 0.4) is 0 Å². The molecule has 0 spiro atoms. The maximum absolute atomic E-state index is 12.2. The van der Waals surface area contributed by atoms with Gasteiger partial charge in [0.15, 0.2) is 0 Å². The Morgan fingerprint density at radius 2 is 1.72 bits per heavy atom. The molecule has 2 aromatic carbocycles. The van der Waals surface area contributed by atoms with Crippen molar-refractivity contribution in [2.75, 3.05) is 20.1 Å². The molecule has 1 atom stereocenters. The van der Waals surface area contributed by atoms with Crippen molar-refractivity contribution in [3.8, 4) is 0 Å². The number of rotatable bonds is 4. The van der Waals surface area contributed by atoms with Crippen LogP contribution in [0.5, 0.6) is 0 Å². The molecule has 0 radical (unpaired) electrons. The molecule has 4 rings (SSSR count). The molecule has 0 N–H and O–H groups in total. The molecule has 0 bridgehead atoms. The van der Waals surface area contributed by atoms with Gasteiger partial charge in [-0.2, -0.15) is 0 Å². The van der Waals surface area contributed by atoms with Crippen LogP contribution in [0.4, 0.5) is 0 Å². The molecular weight excluding hydrogens is 308 g/mol. The second-order valence-corrected chi connectivity index (χ2v) is 7.78. The summed E-state index contributed by atoms with van der Waals surface area (Å²) in [7, 11) is 2.24. The van der Waals surface area contributed by atoms with E-state index in [2.05, 4.69) is 66.2 Å². The maximum atomic E-state index is 12.2. The van der Waals surface area contributed by atoms with Gasteiger partial charge in [-0.15, -0.1) is 0 Å². The molecule has 1 aliphatic carbocycles. The summed E-state index contributed by atoms with van der Waals surface area (Å²) in [5, 5.41) is 2.61. The third kappa shape index (κ3) is 3.43. The van der Waals surface area contributed by atoms with Gasteiger partial charge >= 0.3 is 0 Å². The summed E-state index contributed by atoms with van der Waals surface area (Å²) < 4.78 is 0. The first kappa shape index (κ1) is 16.6. The second kappa shape index (κ2) is 6.80. The third-order valence-electron chi connectivity index (χ3n) is 6.15. The summed E-state index contributed by atoms with van der Waals surface area (Å²) in [6.45, 7) is 4.15. The molecule has 132 valence electrons. The SMILES string of the molecule is CC(c1ccc2ccccc2c1)N(C)C1CCN(C(=O)C2CC2)CC1. The number of hydrogen-bond acceptors (Lipinski definition) is 2. The zero-order valence-corrected chi connectivity index (χ0v) is 15.3. The molecule has 1 amide bonds. The molecule has 3 heteroatoms. The summed E-state index contributed by atoms with van der Waals surface area (Å²) in [6, 6.07) is 16.3. The van der Waals surface area contributed by atoms with Gasteiger partial charge in [-0.05, 0) is 62.1 Å². The lowest BCUT2D eigenvalue weighted by Crippen LogP contribution is -2.46. The highest BCUT2D eigenvalue weighted by atomic mass is 16.2. The smallest absolute Gasteiger partial charge is 0.225 e. The third-order valence-corrected chi connectivity index (χ3v) is 6.15. The maximum Gasteiger partial charge on any atom is 0.225 e. The molecule has 1 unspecified atom stereocenters. The van der Waals surface area contributed by atoms with E-state index >= 15 is 0 Å². The Kier molecular flexibility index (Phi) is 4.51. The Morgan fingerprint density at radius 1 is 1.04 bits per heavy atom. The van der Waals surface area contributed by atoms with E-state index in [4.69, 9.17) is 0 Å². The highest BCUT2D eigenvalue weighted by Gasteiger charge is 2.35. The number of carbonyl (C=O) groups is 1. The minimum atomic E-state index is 0.353. The lowest BCUT2D eigenvalue weighted by molar-refractivity contribution is -0.134. The Balaban J connectivity index is 1.41. The highest BCUT2D eigenvalue weighted by molar-refractivity contribution is 5.83. The number of nitrogens with zero attached hydrogens (tertiary/aromatic N) is 2. The number of hydrogen-bond donors (Lipinski definition) is 0. The number of likely N-dealkylation sites (tertiary alicyclic amines) is 1. The van der Waals surface area contributed by atoms with Crippen LogP contribution in [0.25, 0.3) is 10.8 Å². The molecule has 1 aliphatic heterocycles. The topological polar surface area (TPSA) is 23.6 Å². The molecule has 1 saturated heterocycles. The minimum absolute atomic E-state index is 0.353.